The molecule has 2 aromatic carbocycles. The standard InChI is InChI=1S/C25H33ClFN3O2/c1-2-3-4-5-6-7-8-12-24(31)28-17-18-30(23-15-13-21(27)14-16-23)25(32)29-22-11-9-10-20(26)19-22/h9-11,13-16,19H,2-8,12,17-18H2,1H3,(H,28,31)(H,29,32). The van der Waals surface area contributed by atoms with Gasteiger partial charge in [0.05, 0.1) is 0 Å². The van der Waals surface area contributed by atoms with E-state index in [1.165, 1.54) is 54.8 Å². The minimum atomic E-state index is -0.389. The zero-order chi connectivity index (χ0) is 23.2. The van der Waals surface area contributed by atoms with Gasteiger partial charge in [0.15, 0.2) is 0 Å². The summed E-state index contributed by atoms with van der Waals surface area (Å²) in [6.07, 6.45) is 8.57. The maximum absolute atomic E-state index is 13.3. The third-order valence-corrected chi connectivity index (χ3v) is 5.36. The van der Waals surface area contributed by atoms with E-state index in [9.17, 15) is 14.0 Å². The fourth-order valence-electron chi connectivity index (χ4n) is 3.36. The lowest BCUT2D eigenvalue weighted by atomic mass is 10.1. The molecule has 0 saturated carbocycles. The molecule has 5 nitrogen and oxygen atoms in total. The van der Waals surface area contributed by atoms with Crippen molar-refractivity contribution < 1.29 is 14.0 Å². The molecule has 3 amide bonds. The zero-order valence-corrected chi connectivity index (χ0v) is 19.5. The molecule has 0 fully saturated rings. The Morgan fingerprint density at radius 3 is 2.34 bits per heavy atom. The van der Waals surface area contributed by atoms with E-state index in [0.29, 0.717) is 29.4 Å². The summed E-state index contributed by atoms with van der Waals surface area (Å²) in [5.74, 6) is -0.403. The zero-order valence-electron chi connectivity index (χ0n) is 18.7. The van der Waals surface area contributed by atoms with Crippen LogP contribution in [0.4, 0.5) is 20.6 Å². The highest BCUT2D eigenvalue weighted by Gasteiger charge is 2.16. The van der Waals surface area contributed by atoms with Crippen molar-refractivity contribution in [3.8, 4) is 0 Å². The molecule has 0 aliphatic carbocycles. The number of carbonyl (C=O) groups is 2. The first-order chi connectivity index (χ1) is 15.5. The van der Waals surface area contributed by atoms with Crippen LogP contribution in [0.25, 0.3) is 0 Å². The van der Waals surface area contributed by atoms with Gasteiger partial charge in [-0.05, 0) is 48.9 Å². The quantitative estimate of drug-likeness (QED) is 0.323. The Kier molecular flexibility index (Phi) is 11.6. The van der Waals surface area contributed by atoms with Gasteiger partial charge in [0.25, 0.3) is 0 Å². The fourth-order valence-corrected chi connectivity index (χ4v) is 3.55. The Morgan fingerprint density at radius 2 is 1.66 bits per heavy atom. The lowest BCUT2D eigenvalue weighted by molar-refractivity contribution is -0.121. The number of benzene rings is 2. The van der Waals surface area contributed by atoms with Crippen LogP contribution in [0.3, 0.4) is 0 Å². The first kappa shape index (κ1) is 25.7. The van der Waals surface area contributed by atoms with Crippen LogP contribution in [0.5, 0.6) is 0 Å². The molecule has 2 N–H and O–H groups in total. The molecule has 174 valence electrons. The molecule has 0 radical (unpaired) electrons. The number of urea groups is 1. The first-order valence-electron chi connectivity index (χ1n) is 11.4. The second kappa shape index (κ2) is 14.5. The monoisotopic (exact) mass is 461 g/mol. The predicted octanol–water partition coefficient (Wildman–Crippen LogP) is 6.77. The molecule has 0 aliphatic heterocycles. The van der Waals surface area contributed by atoms with Gasteiger partial charge in [-0.2, -0.15) is 0 Å². The largest absolute Gasteiger partial charge is 0.354 e. The van der Waals surface area contributed by atoms with Crippen molar-refractivity contribution in [3.63, 3.8) is 0 Å². The number of halogens is 2. The fraction of sp³-hybridized carbons (Fsp3) is 0.440. The number of hydrogen-bond donors (Lipinski definition) is 2. The summed E-state index contributed by atoms with van der Waals surface area (Å²) >= 11 is 5.99. The number of nitrogens with one attached hydrogen (secondary N) is 2. The van der Waals surface area contributed by atoms with Gasteiger partial charge in [-0.3, -0.25) is 9.69 Å². The van der Waals surface area contributed by atoms with Gasteiger partial charge in [0, 0.05) is 35.9 Å². The number of amides is 3. The average molecular weight is 462 g/mol. The lowest BCUT2D eigenvalue weighted by Crippen LogP contribution is -2.41. The lowest BCUT2D eigenvalue weighted by Gasteiger charge is -2.23. The topological polar surface area (TPSA) is 61.4 Å². The highest BCUT2D eigenvalue weighted by Crippen LogP contribution is 2.19. The molecular formula is C25H33ClFN3O2. The Labute approximate surface area is 195 Å². The van der Waals surface area contributed by atoms with Crippen molar-refractivity contribution in [1.29, 1.82) is 0 Å². The van der Waals surface area contributed by atoms with Crippen molar-refractivity contribution in [3.05, 3.63) is 59.4 Å². The predicted molar refractivity (Wildman–Crippen MR) is 130 cm³/mol. The molecule has 0 atom stereocenters. The Bertz CT molecular complexity index is 845. The Hall–Kier alpha value is -2.60. The summed E-state index contributed by atoms with van der Waals surface area (Å²) in [5.41, 5.74) is 1.09. The molecule has 2 rings (SSSR count). The maximum Gasteiger partial charge on any atom is 0.326 e. The van der Waals surface area contributed by atoms with E-state index < -0.39 is 0 Å². The molecule has 32 heavy (non-hydrogen) atoms. The SMILES string of the molecule is CCCCCCCCCC(=O)NCCN(C(=O)Nc1cccc(Cl)c1)c1ccc(F)cc1. The molecule has 0 unspecified atom stereocenters. The van der Waals surface area contributed by atoms with Gasteiger partial charge in [-0.25, -0.2) is 9.18 Å². The van der Waals surface area contributed by atoms with E-state index >= 15 is 0 Å². The van der Waals surface area contributed by atoms with Crippen LogP contribution >= 0.6 is 11.6 Å². The maximum atomic E-state index is 13.3. The van der Waals surface area contributed by atoms with Crippen LogP contribution in [0, 0.1) is 5.82 Å². The molecular weight excluding hydrogens is 429 g/mol. The second-order valence-electron chi connectivity index (χ2n) is 7.79. The summed E-state index contributed by atoms with van der Waals surface area (Å²) in [7, 11) is 0. The van der Waals surface area contributed by atoms with Crippen molar-refractivity contribution in [1.82, 2.24) is 5.32 Å². The first-order valence-corrected chi connectivity index (χ1v) is 11.7. The molecule has 0 aromatic heterocycles. The van der Waals surface area contributed by atoms with Crippen LogP contribution in [0.2, 0.25) is 5.02 Å². The van der Waals surface area contributed by atoms with E-state index in [0.717, 1.165) is 19.3 Å². The molecule has 0 spiro atoms. The summed E-state index contributed by atoms with van der Waals surface area (Å²) in [5, 5.41) is 6.18. The summed E-state index contributed by atoms with van der Waals surface area (Å²) in [6, 6.07) is 12.1. The van der Waals surface area contributed by atoms with E-state index in [2.05, 4.69) is 17.6 Å². The van der Waals surface area contributed by atoms with Crippen molar-refractivity contribution in [2.45, 2.75) is 58.3 Å². The van der Waals surface area contributed by atoms with Gasteiger partial charge >= 0.3 is 6.03 Å². The molecule has 0 heterocycles. The van der Waals surface area contributed by atoms with E-state index in [1.807, 2.05) is 0 Å². The van der Waals surface area contributed by atoms with Crippen molar-refractivity contribution >= 4 is 34.9 Å². The number of unbranched alkanes of at least 4 members (excludes halogenated alkanes) is 6. The van der Waals surface area contributed by atoms with E-state index in [-0.39, 0.29) is 24.3 Å². The third-order valence-electron chi connectivity index (χ3n) is 5.12. The van der Waals surface area contributed by atoms with Gasteiger partial charge in [0.2, 0.25) is 5.91 Å². The third kappa shape index (κ3) is 9.69. The van der Waals surface area contributed by atoms with Crippen molar-refractivity contribution in [2.24, 2.45) is 0 Å². The minimum absolute atomic E-state index is 0.0205. The van der Waals surface area contributed by atoms with Crippen LogP contribution < -0.4 is 15.5 Å². The molecule has 0 bridgehead atoms. The van der Waals surface area contributed by atoms with Crippen LogP contribution in [0.15, 0.2) is 48.5 Å². The molecule has 7 heteroatoms. The summed E-state index contributed by atoms with van der Waals surface area (Å²) < 4.78 is 13.3. The van der Waals surface area contributed by atoms with E-state index in [1.54, 1.807) is 24.3 Å². The van der Waals surface area contributed by atoms with Gasteiger partial charge < -0.3 is 10.6 Å². The summed E-state index contributed by atoms with van der Waals surface area (Å²) in [6.45, 7) is 2.75. The highest BCUT2D eigenvalue weighted by atomic mass is 35.5. The Balaban J connectivity index is 1.84. The van der Waals surface area contributed by atoms with Crippen molar-refractivity contribution in [2.75, 3.05) is 23.3 Å². The number of carbonyl (C=O) groups excluding carboxylic acids is 2. The smallest absolute Gasteiger partial charge is 0.326 e. The number of rotatable bonds is 13. The average Bonchev–Trinajstić information content (AvgIpc) is 2.77. The normalized spacial score (nSPS) is 10.6. The number of anilines is 2. The van der Waals surface area contributed by atoms with Crippen LogP contribution in [-0.4, -0.2) is 25.0 Å². The number of nitrogens with zero attached hydrogens (tertiary/aromatic N) is 1. The summed E-state index contributed by atoms with van der Waals surface area (Å²) in [4.78, 5) is 26.5. The number of hydrogen-bond acceptors (Lipinski definition) is 2. The second-order valence-corrected chi connectivity index (χ2v) is 8.23. The highest BCUT2D eigenvalue weighted by molar-refractivity contribution is 6.30. The molecule has 0 saturated heterocycles. The van der Waals surface area contributed by atoms with E-state index in [4.69, 9.17) is 11.6 Å². The molecule has 2 aromatic rings. The van der Waals surface area contributed by atoms with Crippen LogP contribution in [0.1, 0.15) is 58.3 Å². The van der Waals surface area contributed by atoms with Gasteiger partial charge in [0.1, 0.15) is 5.82 Å². The van der Waals surface area contributed by atoms with Crippen LogP contribution in [-0.2, 0) is 4.79 Å². The van der Waals surface area contributed by atoms with Gasteiger partial charge in [-0.1, -0.05) is 63.1 Å². The van der Waals surface area contributed by atoms with Gasteiger partial charge in [-0.15, -0.1) is 0 Å². The molecule has 0 aliphatic rings. The minimum Gasteiger partial charge on any atom is -0.354 e. The Morgan fingerprint density at radius 1 is 0.969 bits per heavy atom.